The second-order valence-electron chi connectivity index (χ2n) is 15.4. The van der Waals surface area contributed by atoms with Crippen LogP contribution >= 0.6 is 0 Å². The lowest BCUT2D eigenvalue weighted by atomic mass is 10.0. The van der Waals surface area contributed by atoms with Crippen molar-refractivity contribution >= 4 is 52.4 Å². The lowest BCUT2D eigenvalue weighted by molar-refractivity contribution is -0.131. The average molecular weight is 818 g/mol. The van der Waals surface area contributed by atoms with Crippen LogP contribution in [0.15, 0.2) is 55.0 Å². The molecule has 2 amide bonds. The van der Waals surface area contributed by atoms with E-state index in [4.69, 9.17) is 4.98 Å². The lowest BCUT2D eigenvalue weighted by Gasteiger charge is -2.37. The number of carbonyl (C=O) groups excluding carboxylic acids is 2. The molecule has 0 spiro atoms. The molecule has 5 aliphatic rings. The monoisotopic (exact) mass is 817 g/mol. The van der Waals surface area contributed by atoms with Crippen molar-refractivity contribution in [3.63, 3.8) is 0 Å². The number of aryl methyl sites for hydroxylation is 1. The number of amides is 2. The van der Waals surface area contributed by atoms with Gasteiger partial charge in [-0.2, -0.15) is 18.7 Å². The summed E-state index contributed by atoms with van der Waals surface area (Å²) < 4.78 is 31.3. The highest BCUT2D eigenvalue weighted by molar-refractivity contribution is 5.94. The molecule has 10 rings (SSSR count). The minimum Gasteiger partial charge on any atom is -0.370 e. The number of aromatic nitrogens is 6. The molecule has 4 aromatic heterocycles. The zero-order chi connectivity index (χ0) is 41.4. The number of pyridine rings is 2. The lowest BCUT2D eigenvalue weighted by Crippen LogP contribution is -2.49. The number of halogens is 2. The molecule has 5 N–H and O–H groups in total. The first-order valence-electron chi connectivity index (χ1n) is 20.7. The number of nitrogens with one attached hydrogen (secondary N) is 5. The van der Waals surface area contributed by atoms with Crippen LogP contribution in [0, 0.1) is 18.8 Å². The maximum absolute atomic E-state index is 16.2. The van der Waals surface area contributed by atoms with Crippen LogP contribution in [0.4, 0.5) is 49.4 Å². The van der Waals surface area contributed by atoms with Gasteiger partial charge < -0.3 is 36.4 Å². The van der Waals surface area contributed by atoms with E-state index in [9.17, 15) is 9.59 Å². The molecular weight excluding hydrogens is 769 g/mol. The summed E-state index contributed by atoms with van der Waals surface area (Å²) in [6, 6.07) is 10.4. The highest BCUT2D eigenvalue weighted by Crippen LogP contribution is 2.32. The van der Waals surface area contributed by atoms with E-state index in [1.54, 1.807) is 48.8 Å². The molecule has 60 heavy (non-hydrogen) atoms. The van der Waals surface area contributed by atoms with E-state index in [2.05, 4.69) is 56.4 Å². The van der Waals surface area contributed by atoms with Crippen molar-refractivity contribution in [1.82, 2.24) is 40.1 Å². The normalized spacial score (nSPS) is 16.6. The van der Waals surface area contributed by atoms with Crippen LogP contribution in [0.3, 0.4) is 0 Å². The zero-order valence-corrected chi connectivity index (χ0v) is 33.7. The SMILES string of the molecule is Cc1cnc2nc1NCCCCCCC(=O)N1CCN(CC1)c1cc(c(F)nc1Cc1cnc3nc1NCCCCCNC(=O)c1ccc(cc1)-c1cnc(F)c(c1)N3)N2. The molecule has 9 heterocycles. The fourth-order valence-electron chi connectivity index (χ4n) is 7.62. The predicted molar refractivity (Wildman–Crippen MR) is 227 cm³/mol. The Morgan fingerprint density at radius 2 is 1.23 bits per heavy atom. The minimum atomic E-state index is -0.732. The van der Waals surface area contributed by atoms with Crippen molar-refractivity contribution in [1.29, 1.82) is 0 Å². The highest BCUT2D eigenvalue weighted by atomic mass is 19.1. The molecule has 0 saturated carbocycles. The van der Waals surface area contributed by atoms with Crippen molar-refractivity contribution in [2.24, 2.45) is 0 Å². The quantitative estimate of drug-likeness (QED) is 0.119. The molecule has 17 heteroatoms. The van der Waals surface area contributed by atoms with Crippen LogP contribution in [0.25, 0.3) is 11.1 Å². The van der Waals surface area contributed by atoms with Crippen molar-refractivity contribution in [2.75, 3.05) is 72.0 Å². The molecule has 1 saturated heterocycles. The smallest absolute Gasteiger partial charge is 0.251 e. The number of fused-ring (bicyclic) bond motifs is 18. The predicted octanol–water partition coefficient (Wildman–Crippen LogP) is 6.74. The molecule has 312 valence electrons. The first kappa shape index (κ1) is 40.3. The van der Waals surface area contributed by atoms with Crippen LogP contribution in [-0.2, 0) is 11.2 Å². The van der Waals surface area contributed by atoms with Gasteiger partial charge in [0, 0.05) is 99.5 Å². The van der Waals surface area contributed by atoms with Gasteiger partial charge in [0.2, 0.25) is 29.7 Å². The number of piperazine rings is 1. The van der Waals surface area contributed by atoms with Gasteiger partial charge in [0.1, 0.15) is 11.6 Å². The van der Waals surface area contributed by atoms with E-state index in [0.717, 1.165) is 56.1 Å². The van der Waals surface area contributed by atoms with Gasteiger partial charge in [-0.15, -0.1) is 0 Å². The average Bonchev–Trinajstić information content (AvgIpc) is 3.26. The summed E-state index contributed by atoms with van der Waals surface area (Å²) in [5, 5.41) is 15.9. The summed E-state index contributed by atoms with van der Waals surface area (Å²) in [4.78, 5) is 56.9. The Morgan fingerprint density at radius 1 is 0.617 bits per heavy atom. The number of hydrogen-bond donors (Lipinski definition) is 5. The minimum absolute atomic E-state index is 0.0749. The Labute approximate surface area is 347 Å². The first-order chi connectivity index (χ1) is 29.3. The Hall–Kier alpha value is -6.52. The third-order valence-corrected chi connectivity index (χ3v) is 11.1. The van der Waals surface area contributed by atoms with E-state index in [0.29, 0.717) is 91.9 Å². The Bertz CT molecular complexity index is 2340. The number of rotatable bonds is 2. The van der Waals surface area contributed by atoms with E-state index < -0.39 is 11.9 Å². The molecule has 5 aliphatic heterocycles. The van der Waals surface area contributed by atoms with Gasteiger partial charge in [-0.1, -0.05) is 25.0 Å². The maximum atomic E-state index is 16.2. The van der Waals surface area contributed by atoms with Gasteiger partial charge in [-0.3, -0.25) is 9.59 Å². The van der Waals surface area contributed by atoms with Crippen LogP contribution in [0.5, 0.6) is 0 Å². The first-order valence-corrected chi connectivity index (χ1v) is 20.7. The van der Waals surface area contributed by atoms with Crippen LogP contribution in [0.1, 0.15) is 78.5 Å². The molecule has 5 aromatic rings. The summed E-state index contributed by atoms with van der Waals surface area (Å²) in [5.74, 6) is 0.0645. The van der Waals surface area contributed by atoms with Gasteiger partial charge in [0.25, 0.3) is 5.91 Å². The summed E-state index contributed by atoms with van der Waals surface area (Å²) >= 11 is 0. The molecule has 0 unspecified atom stereocenters. The van der Waals surface area contributed by atoms with Gasteiger partial charge in [-0.25, -0.2) is 19.9 Å². The molecular formula is C43H49F2N13O2. The zero-order valence-electron chi connectivity index (χ0n) is 33.7. The molecule has 15 nitrogen and oxygen atoms in total. The highest BCUT2D eigenvalue weighted by Gasteiger charge is 2.26. The third-order valence-electron chi connectivity index (χ3n) is 11.1. The second kappa shape index (κ2) is 18.6. The maximum Gasteiger partial charge on any atom is 0.251 e. The summed E-state index contributed by atoms with van der Waals surface area (Å²) in [7, 11) is 0. The topological polar surface area (TPSA) is 178 Å². The number of anilines is 7. The third kappa shape index (κ3) is 9.67. The standard InChI is InChI=1S/C43H49F2N13O2/c1-27-24-50-42-54-34-23-35(57-17-19-58(20-18-57)36(59)9-5-2-3-6-14-46-39(27)55-42)32(52-38(34)45)22-31-26-51-43-53-33-21-30(25-49-37(33)44)28-10-12-29(13-11-28)41(60)48-16-8-4-7-15-47-40(31)56-43/h10-13,21,23-26H,2-9,14-20,22H2,1H3,(H,48,60)(H2,46,50,54,55)(H2,47,51,53,56). The van der Waals surface area contributed by atoms with Gasteiger partial charge in [0.05, 0.1) is 22.8 Å². The fourth-order valence-corrected chi connectivity index (χ4v) is 7.62. The van der Waals surface area contributed by atoms with Crippen molar-refractivity contribution in [3.8, 4) is 11.1 Å². The van der Waals surface area contributed by atoms with Gasteiger partial charge in [0.15, 0.2) is 0 Å². The van der Waals surface area contributed by atoms with Crippen molar-refractivity contribution < 1.29 is 18.4 Å². The number of hydrogen-bond acceptors (Lipinski definition) is 13. The number of benzene rings is 1. The molecule has 1 fully saturated rings. The summed E-state index contributed by atoms with van der Waals surface area (Å²) in [5.41, 5.74) is 4.80. The van der Waals surface area contributed by atoms with Crippen molar-refractivity contribution in [3.05, 3.63) is 89.3 Å². The Morgan fingerprint density at radius 3 is 2.00 bits per heavy atom. The largest absolute Gasteiger partial charge is 0.370 e. The van der Waals surface area contributed by atoms with Crippen LogP contribution < -0.4 is 31.5 Å². The van der Waals surface area contributed by atoms with Gasteiger partial charge in [-0.05, 0) is 68.9 Å². The summed E-state index contributed by atoms with van der Waals surface area (Å²) in [6.45, 7) is 5.85. The molecule has 0 aliphatic carbocycles. The molecule has 12 bridgehead atoms. The molecule has 0 radical (unpaired) electrons. The van der Waals surface area contributed by atoms with E-state index in [1.807, 2.05) is 11.8 Å². The second-order valence-corrected chi connectivity index (χ2v) is 15.4. The Balaban J connectivity index is 1.12. The fraction of sp³-hybridized carbons (Fsp3) is 0.395. The van der Waals surface area contributed by atoms with Crippen LogP contribution in [0.2, 0.25) is 0 Å². The van der Waals surface area contributed by atoms with E-state index in [1.165, 1.54) is 6.20 Å². The Kier molecular flexibility index (Phi) is 12.5. The van der Waals surface area contributed by atoms with Gasteiger partial charge >= 0.3 is 0 Å². The number of nitrogens with zero attached hydrogens (tertiary/aromatic N) is 8. The van der Waals surface area contributed by atoms with E-state index in [-0.39, 0.29) is 41.5 Å². The molecule has 1 aromatic carbocycles. The molecule has 0 atom stereocenters. The summed E-state index contributed by atoms with van der Waals surface area (Å²) in [6.07, 6.45) is 11.6. The van der Waals surface area contributed by atoms with Crippen LogP contribution in [-0.4, -0.2) is 92.4 Å². The van der Waals surface area contributed by atoms with E-state index >= 15 is 8.78 Å². The number of carbonyl (C=O) groups is 2. The van der Waals surface area contributed by atoms with Crippen molar-refractivity contribution in [2.45, 2.75) is 64.7 Å².